The lowest BCUT2D eigenvalue weighted by atomic mass is 10.2. The Hall–Kier alpha value is -2.10. The normalized spacial score (nSPS) is 10.2. The SMILES string of the molecule is CCCOc1cccnc1NCc1cccc(F)c1. The van der Waals surface area contributed by atoms with Gasteiger partial charge in [0.25, 0.3) is 0 Å². The van der Waals surface area contributed by atoms with E-state index in [0.717, 1.165) is 17.7 Å². The summed E-state index contributed by atoms with van der Waals surface area (Å²) >= 11 is 0. The molecule has 0 spiro atoms. The molecule has 2 aromatic rings. The highest BCUT2D eigenvalue weighted by Crippen LogP contribution is 2.21. The van der Waals surface area contributed by atoms with Crippen LogP contribution >= 0.6 is 0 Å². The fourth-order valence-electron chi connectivity index (χ4n) is 1.68. The van der Waals surface area contributed by atoms with Gasteiger partial charge in [0.15, 0.2) is 11.6 Å². The molecule has 0 amide bonds. The van der Waals surface area contributed by atoms with Crippen LogP contribution in [-0.2, 0) is 6.54 Å². The summed E-state index contributed by atoms with van der Waals surface area (Å²) in [6.07, 6.45) is 2.64. The van der Waals surface area contributed by atoms with Crippen molar-refractivity contribution in [3.05, 3.63) is 54.0 Å². The summed E-state index contributed by atoms with van der Waals surface area (Å²) in [6.45, 7) is 3.22. The van der Waals surface area contributed by atoms with E-state index in [9.17, 15) is 4.39 Å². The molecule has 0 saturated carbocycles. The van der Waals surface area contributed by atoms with Crippen molar-refractivity contribution in [2.45, 2.75) is 19.9 Å². The van der Waals surface area contributed by atoms with Crippen LogP contribution in [0.15, 0.2) is 42.6 Å². The molecular weight excluding hydrogens is 243 g/mol. The van der Waals surface area contributed by atoms with E-state index in [0.29, 0.717) is 19.0 Å². The molecule has 0 fully saturated rings. The minimum absolute atomic E-state index is 0.234. The van der Waals surface area contributed by atoms with Gasteiger partial charge in [0.05, 0.1) is 6.61 Å². The number of aromatic nitrogens is 1. The Balaban J connectivity index is 2.02. The Bertz CT molecular complexity index is 531. The van der Waals surface area contributed by atoms with Crippen molar-refractivity contribution in [1.82, 2.24) is 4.98 Å². The van der Waals surface area contributed by atoms with Crippen LogP contribution in [0.4, 0.5) is 10.2 Å². The molecule has 0 radical (unpaired) electrons. The number of benzene rings is 1. The summed E-state index contributed by atoms with van der Waals surface area (Å²) in [5.41, 5.74) is 0.868. The summed E-state index contributed by atoms with van der Waals surface area (Å²) in [5, 5.41) is 3.16. The largest absolute Gasteiger partial charge is 0.490 e. The molecule has 0 unspecified atom stereocenters. The summed E-state index contributed by atoms with van der Waals surface area (Å²) in [6, 6.07) is 10.2. The zero-order valence-electron chi connectivity index (χ0n) is 10.9. The lowest BCUT2D eigenvalue weighted by Crippen LogP contribution is -2.05. The van der Waals surface area contributed by atoms with Crippen molar-refractivity contribution in [2.24, 2.45) is 0 Å². The first-order chi connectivity index (χ1) is 9.29. The molecule has 0 aliphatic rings. The lowest BCUT2D eigenvalue weighted by molar-refractivity contribution is 0.318. The maximum Gasteiger partial charge on any atom is 0.169 e. The first-order valence-corrected chi connectivity index (χ1v) is 6.35. The molecule has 1 aromatic heterocycles. The average molecular weight is 260 g/mol. The summed E-state index contributed by atoms with van der Waals surface area (Å²) in [5.74, 6) is 1.17. The van der Waals surface area contributed by atoms with Crippen molar-refractivity contribution >= 4 is 5.82 Å². The molecular formula is C15H17FN2O. The van der Waals surface area contributed by atoms with Crippen molar-refractivity contribution < 1.29 is 9.13 Å². The van der Waals surface area contributed by atoms with Gasteiger partial charge >= 0.3 is 0 Å². The third-order valence-electron chi connectivity index (χ3n) is 2.58. The maximum absolute atomic E-state index is 13.1. The molecule has 3 nitrogen and oxygen atoms in total. The highest BCUT2D eigenvalue weighted by molar-refractivity contribution is 5.49. The van der Waals surface area contributed by atoms with Gasteiger partial charge in [-0.3, -0.25) is 0 Å². The van der Waals surface area contributed by atoms with E-state index in [1.54, 1.807) is 12.3 Å². The Kier molecular flexibility index (Phi) is 4.72. The van der Waals surface area contributed by atoms with Crippen LogP contribution in [0.3, 0.4) is 0 Å². The van der Waals surface area contributed by atoms with E-state index >= 15 is 0 Å². The fourth-order valence-corrected chi connectivity index (χ4v) is 1.68. The molecule has 19 heavy (non-hydrogen) atoms. The van der Waals surface area contributed by atoms with Gasteiger partial charge < -0.3 is 10.1 Å². The standard InChI is InChI=1S/C15H17FN2O/c1-2-9-19-14-7-4-8-17-15(14)18-11-12-5-3-6-13(16)10-12/h3-8,10H,2,9,11H2,1H3,(H,17,18). The number of nitrogens with zero attached hydrogens (tertiary/aromatic N) is 1. The van der Waals surface area contributed by atoms with Crippen molar-refractivity contribution in [2.75, 3.05) is 11.9 Å². The second-order valence-electron chi connectivity index (χ2n) is 4.18. The highest BCUT2D eigenvalue weighted by Gasteiger charge is 2.04. The second kappa shape index (κ2) is 6.73. The molecule has 4 heteroatoms. The molecule has 1 N–H and O–H groups in total. The zero-order chi connectivity index (χ0) is 13.5. The molecule has 0 saturated heterocycles. The van der Waals surface area contributed by atoms with Crippen LogP contribution in [0.25, 0.3) is 0 Å². The van der Waals surface area contributed by atoms with Crippen LogP contribution < -0.4 is 10.1 Å². The van der Waals surface area contributed by atoms with Gasteiger partial charge in [0, 0.05) is 12.7 Å². The van der Waals surface area contributed by atoms with Crippen LogP contribution in [0.1, 0.15) is 18.9 Å². The van der Waals surface area contributed by atoms with Crippen molar-refractivity contribution in [3.8, 4) is 5.75 Å². The van der Waals surface area contributed by atoms with Crippen LogP contribution in [0, 0.1) is 5.82 Å². The number of rotatable bonds is 6. The number of pyridine rings is 1. The van der Waals surface area contributed by atoms with Crippen molar-refractivity contribution in [1.29, 1.82) is 0 Å². The summed E-state index contributed by atoms with van der Waals surface area (Å²) in [4.78, 5) is 4.24. The maximum atomic E-state index is 13.1. The van der Waals surface area contributed by atoms with Gasteiger partial charge in [-0.2, -0.15) is 0 Å². The Morgan fingerprint density at radius 1 is 1.26 bits per heavy atom. The Labute approximate surface area is 112 Å². The number of anilines is 1. The van der Waals surface area contributed by atoms with Gasteiger partial charge in [0.1, 0.15) is 5.82 Å². The van der Waals surface area contributed by atoms with E-state index in [4.69, 9.17) is 4.74 Å². The van der Waals surface area contributed by atoms with E-state index < -0.39 is 0 Å². The molecule has 100 valence electrons. The summed E-state index contributed by atoms with van der Waals surface area (Å²) in [7, 11) is 0. The molecule has 1 aromatic carbocycles. The van der Waals surface area contributed by atoms with Gasteiger partial charge in [-0.25, -0.2) is 9.37 Å². The topological polar surface area (TPSA) is 34.1 Å². The molecule has 0 bridgehead atoms. The van der Waals surface area contributed by atoms with E-state index in [1.165, 1.54) is 12.1 Å². The van der Waals surface area contributed by atoms with Crippen molar-refractivity contribution in [3.63, 3.8) is 0 Å². The smallest absolute Gasteiger partial charge is 0.169 e. The minimum Gasteiger partial charge on any atom is -0.490 e. The first-order valence-electron chi connectivity index (χ1n) is 6.35. The van der Waals surface area contributed by atoms with Gasteiger partial charge in [-0.15, -0.1) is 0 Å². The quantitative estimate of drug-likeness (QED) is 0.861. The van der Waals surface area contributed by atoms with Gasteiger partial charge in [0.2, 0.25) is 0 Å². The van der Waals surface area contributed by atoms with E-state index in [2.05, 4.69) is 17.2 Å². The number of hydrogen-bond acceptors (Lipinski definition) is 3. The molecule has 0 aliphatic heterocycles. The number of ether oxygens (including phenoxy) is 1. The Morgan fingerprint density at radius 2 is 2.16 bits per heavy atom. The van der Waals surface area contributed by atoms with Crippen LogP contribution in [0.2, 0.25) is 0 Å². The molecule has 1 heterocycles. The van der Waals surface area contributed by atoms with Gasteiger partial charge in [-0.1, -0.05) is 19.1 Å². The third kappa shape index (κ3) is 3.95. The first kappa shape index (κ1) is 13.3. The number of hydrogen-bond donors (Lipinski definition) is 1. The number of nitrogens with one attached hydrogen (secondary N) is 1. The molecule has 0 aliphatic carbocycles. The molecule has 2 rings (SSSR count). The third-order valence-corrected chi connectivity index (χ3v) is 2.58. The van der Waals surface area contributed by atoms with Crippen LogP contribution in [0.5, 0.6) is 5.75 Å². The Morgan fingerprint density at radius 3 is 2.95 bits per heavy atom. The minimum atomic E-state index is -0.234. The second-order valence-corrected chi connectivity index (χ2v) is 4.18. The monoisotopic (exact) mass is 260 g/mol. The average Bonchev–Trinajstić information content (AvgIpc) is 2.44. The fraction of sp³-hybridized carbons (Fsp3) is 0.267. The van der Waals surface area contributed by atoms with E-state index in [-0.39, 0.29) is 5.82 Å². The predicted octanol–water partition coefficient (Wildman–Crippen LogP) is 3.62. The molecule has 0 atom stereocenters. The van der Waals surface area contributed by atoms with E-state index in [1.807, 2.05) is 18.2 Å². The van der Waals surface area contributed by atoms with Crippen LogP contribution in [-0.4, -0.2) is 11.6 Å². The van der Waals surface area contributed by atoms with Gasteiger partial charge in [-0.05, 0) is 36.2 Å². The lowest BCUT2D eigenvalue weighted by Gasteiger charge is -2.11. The predicted molar refractivity (Wildman–Crippen MR) is 73.7 cm³/mol. The zero-order valence-corrected chi connectivity index (χ0v) is 10.9. The highest BCUT2D eigenvalue weighted by atomic mass is 19.1. The summed E-state index contributed by atoms with van der Waals surface area (Å²) < 4.78 is 18.7. The number of halogens is 1.